The van der Waals surface area contributed by atoms with Crippen molar-refractivity contribution in [2.75, 3.05) is 39.4 Å². The third-order valence-electron chi connectivity index (χ3n) is 5.67. The molecule has 4 amide bonds. The van der Waals surface area contributed by atoms with Crippen LogP contribution in [0.25, 0.3) is 0 Å². The molecule has 4 N–H and O–H groups in total. The topological polar surface area (TPSA) is 135 Å². The van der Waals surface area contributed by atoms with Crippen molar-refractivity contribution < 1.29 is 28.7 Å². The van der Waals surface area contributed by atoms with Crippen molar-refractivity contribution in [3.8, 4) is 0 Å². The van der Waals surface area contributed by atoms with Crippen LogP contribution in [-0.4, -0.2) is 63.4 Å². The number of unbranched alkanes of at least 4 members (excludes halogenated alkanes) is 6. The summed E-state index contributed by atoms with van der Waals surface area (Å²) in [6.45, 7) is 7.07. The fraction of sp³-hybridized carbons (Fsp3) is 0.643. The number of rotatable bonds is 20. The second-order valence-electron chi connectivity index (χ2n) is 9.05. The highest BCUT2D eigenvalue weighted by Crippen LogP contribution is 2.06. The van der Waals surface area contributed by atoms with Crippen molar-refractivity contribution in [1.82, 2.24) is 21.3 Å². The zero-order valence-electron chi connectivity index (χ0n) is 23.1. The fourth-order valence-electron chi connectivity index (χ4n) is 3.36. The van der Waals surface area contributed by atoms with Crippen molar-refractivity contribution in [3.05, 3.63) is 35.4 Å². The number of ether oxygens (including phenoxy) is 2. The number of alkyl carbamates (subject to hydrolysis) is 2. The predicted octanol–water partition coefficient (Wildman–Crippen LogP) is 4.54. The van der Waals surface area contributed by atoms with Crippen LogP contribution >= 0.6 is 0 Å². The van der Waals surface area contributed by atoms with E-state index in [2.05, 4.69) is 21.3 Å². The molecule has 214 valence electrons. The summed E-state index contributed by atoms with van der Waals surface area (Å²) >= 11 is 0. The fourth-order valence-corrected chi connectivity index (χ4v) is 3.36. The number of amides is 4. The van der Waals surface area contributed by atoms with Gasteiger partial charge in [-0.1, -0.05) is 32.8 Å². The van der Waals surface area contributed by atoms with Gasteiger partial charge in [0, 0.05) is 37.3 Å². The Morgan fingerprint density at radius 1 is 0.579 bits per heavy atom. The van der Waals surface area contributed by atoms with Gasteiger partial charge >= 0.3 is 12.2 Å². The third-order valence-corrected chi connectivity index (χ3v) is 5.67. The average molecular weight is 535 g/mol. The molecule has 38 heavy (non-hydrogen) atoms. The van der Waals surface area contributed by atoms with Crippen molar-refractivity contribution in [2.45, 2.75) is 78.1 Å². The van der Waals surface area contributed by atoms with Crippen LogP contribution in [-0.2, 0) is 9.47 Å². The molecule has 0 aromatic heterocycles. The average Bonchev–Trinajstić information content (AvgIpc) is 2.92. The van der Waals surface area contributed by atoms with E-state index in [0.717, 1.165) is 64.2 Å². The van der Waals surface area contributed by atoms with E-state index in [1.54, 1.807) is 24.3 Å². The largest absolute Gasteiger partial charge is 0.450 e. The van der Waals surface area contributed by atoms with Crippen LogP contribution in [0.3, 0.4) is 0 Å². The van der Waals surface area contributed by atoms with Gasteiger partial charge in [0.1, 0.15) is 0 Å². The van der Waals surface area contributed by atoms with Crippen molar-refractivity contribution in [2.24, 2.45) is 0 Å². The molecule has 0 bridgehead atoms. The maximum absolute atomic E-state index is 12.4. The number of hydrogen-bond donors (Lipinski definition) is 4. The van der Waals surface area contributed by atoms with Crippen LogP contribution < -0.4 is 21.3 Å². The molecule has 0 spiro atoms. The van der Waals surface area contributed by atoms with E-state index in [9.17, 15) is 19.2 Å². The molecule has 0 aliphatic carbocycles. The third kappa shape index (κ3) is 16.4. The molecule has 10 nitrogen and oxygen atoms in total. The van der Waals surface area contributed by atoms with Gasteiger partial charge in [-0.05, 0) is 69.6 Å². The number of carbonyl (C=O) groups excluding carboxylic acids is 4. The second kappa shape index (κ2) is 21.8. The van der Waals surface area contributed by atoms with Crippen molar-refractivity contribution in [1.29, 1.82) is 0 Å². The predicted molar refractivity (Wildman–Crippen MR) is 147 cm³/mol. The molecule has 0 aliphatic heterocycles. The molecule has 1 aromatic carbocycles. The smallest absolute Gasteiger partial charge is 0.407 e. The van der Waals surface area contributed by atoms with Crippen LogP contribution in [0.15, 0.2) is 24.3 Å². The summed E-state index contributed by atoms with van der Waals surface area (Å²) in [6.07, 6.45) is 7.81. The van der Waals surface area contributed by atoms with E-state index in [-0.39, 0.29) is 24.0 Å². The van der Waals surface area contributed by atoms with Gasteiger partial charge in [-0.15, -0.1) is 0 Å². The summed E-state index contributed by atoms with van der Waals surface area (Å²) in [5.41, 5.74) is 0.872. The van der Waals surface area contributed by atoms with Crippen LogP contribution in [0.1, 0.15) is 98.8 Å². The van der Waals surface area contributed by atoms with Gasteiger partial charge in [-0.3, -0.25) is 9.59 Å². The lowest BCUT2D eigenvalue weighted by molar-refractivity contribution is 0.0952. The van der Waals surface area contributed by atoms with E-state index in [1.165, 1.54) is 0 Å². The summed E-state index contributed by atoms with van der Waals surface area (Å²) in [7, 11) is 0. The normalized spacial score (nSPS) is 10.4. The summed E-state index contributed by atoms with van der Waals surface area (Å²) in [4.78, 5) is 47.8. The maximum atomic E-state index is 12.4. The molecule has 0 saturated heterocycles. The molecule has 1 rings (SSSR count). The van der Waals surface area contributed by atoms with Gasteiger partial charge in [-0.25, -0.2) is 9.59 Å². The molecule has 0 saturated carbocycles. The molecule has 1 aromatic rings. The molecular weight excluding hydrogens is 488 g/mol. The summed E-state index contributed by atoms with van der Waals surface area (Å²) in [5, 5.41) is 11.2. The van der Waals surface area contributed by atoms with Crippen molar-refractivity contribution in [3.63, 3.8) is 0 Å². The van der Waals surface area contributed by atoms with E-state index in [0.29, 0.717) is 50.5 Å². The van der Waals surface area contributed by atoms with Gasteiger partial charge in [0.25, 0.3) is 11.8 Å². The lowest BCUT2D eigenvalue weighted by atomic mass is 10.1. The first-order valence-corrected chi connectivity index (χ1v) is 14.0. The molecule has 0 fully saturated rings. The Labute approximate surface area is 227 Å². The minimum Gasteiger partial charge on any atom is -0.450 e. The highest BCUT2D eigenvalue weighted by molar-refractivity contribution is 5.99. The molecule has 0 atom stereocenters. The Bertz CT molecular complexity index is 770. The highest BCUT2D eigenvalue weighted by atomic mass is 16.6. The summed E-state index contributed by atoms with van der Waals surface area (Å²) in [5.74, 6) is -0.448. The molecule has 10 heteroatoms. The quantitative estimate of drug-likeness (QED) is 0.181. The Morgan fingerprint density at radius 2 is 0.974 bits per heavy atom. The lowest BCUT2D eigenvalue weighted by Crippen LogP contribution is -2.27. The number of carbonyl (C=O) groups is 4. The molecular formula is C28H46N4O6. The van der Waals surface area contributed by atoms with Crippen LogP contribution in [0, 0.1) is 0 Å². The first-order valence-electron chi connectivity index (χ1n) is 14.0. The zero-order chi connectivity index (χ0) is 27.8. The Balaban J connectivity index is 2.16. The van der Waals surface area contributed by atoms with Crippen LogP contribution in [0.2, 0.25) is 0 Å². The summed E-state index contributed by atoms with van der Waals surface area (Å²) in [6, 6.07) is 6.65. The number of nitrogens with one attached hydrogen (secondary N) is 4. The number of hydrogen-bond acceptors (Lipinski definition) is 6. The van der Waals surface area contributed by atoms with Gasteiger partial charge in [-0.2, -0.15) is 0 Å². The van der Waals surface area contributed by atoms with Gasteiger partial charge < -0.3 is 30.7 Å². The van der Waals surface area contributed by atoms with Gasteiger partial charge in [0.2, 0.25) is 0 Å². The van der Waals surface area contributed by atoms with Crippen molar-refractivity contribution >= 4 is 24.0 Å². The minimum absolute atomic E-state index is 0.224. The van der Waals surface area contributed by atoms with Crippen LogP contribution in [0.5, 0.6) is 0 Å². The zero-order valence-corrected chi connectivity index (χ0v) is 23.1. The SMILES string of the molecule is CCCCOC(=O)NCCCCCNC(=O)c1cccc(C(=O)NCCCCCNC(=O)OCCCC)c1. The Kier molecular flexibility index (Phi) is 18.7. The minimum atomic E-state index is -0.385. The van der Waals surface area contributed by atoms with Gasteiger partial charge in [0.15, 0.2) is 0 Å². The van der Waals surface area contributed by atoms with E-state index in [1.807, 2.05) is 13.8 Å². The maximum Gasteiger partial charge on any atom is 0.407 e. The molecule has 0 aliphatic rings. The molecule has 0 heterocycles. The standard InChI is InChI=1S/C28H46N4O6/c1-3-5-20-37-27(35)31-18-11-7-9-16-29-25(33)23-14-13-15-24(22-23)26(34)30-17-10-8-12-19-32-28(36)38-21-6-4-2/h13-15,22H,3-12,16-21H2,1-2H3,(H,29,33)(H,30,34)(H,31,35)(H,32,36). The lowest BCUT2D eigenvalue weighted by Gasteiger charge is -2.09. The van der Waals surface area contributed by atoms with Crippen LogP contribution in [0.4, 0.5) is 9.59 Å². The second-order valence-corrected chi connectivity index (χ2v) is 9.05. The molecule has 0 radical (unpaired) electrons. The van der Waals surface area contributed by atoms with E-state index < -0.39 is 0 Å². The monoisotopic (exact) mass is 534 g/mol. The summed E-state index contributed by atoms with van der Waals surface area (Å²) < 4.78 is 10.1. The Hall–Kier alpha value is -3.30. The molecule has 0 unspecified atom stereocenters. The highest BCUT2D eigenvalue weighted by Gasteiger charge is 2.10. The van der Waals surface area contributed by atoms with Gasteiger partial charge in [0.05, 0.1) is 13.2 Å². The van der Waals surface area contributed by atoms with E-state index >= 15 is 0 Å². The Morgan fingerprint density at radius 3 is 1.37 bits per heavy atom. The first kappa shape index (κ1) is 32.7. The van der Waals surface area contributed by atoms with E-state index in [4.69, 9.17) is 9.47 Å². The number of benzene rings is 1. The first-order chi connectivity index (χ1) is 18.5.